The van der Waals surface area contributed by atoms with Gasteiger partial charge in [0.05, 0.1) is 7.11 Å². The van der Waals surface area contributed by atoms with Gasteiger partial charge in [0.1, 0.15) is 6.04 Å². The molecule has 2 N–H and O–H groups in total. The van der Waals surface area contributed by atoms with Gasteiger partial charge in [0.15, 0.2) is 0 Å². The number of hydrogen-bond donors (Lipinski definition) is 2. The summed E-state index contributed by atoms with van der Waals surface area (Å²) in [6, 6.07) is -1.03. The van der Waals surface area contributed by atoms with Gasteiger partial charge >= 0.3 is 11.9 Å². The van der Waals surface area contributed by atoms with Crippen molar-refractivity contribution in [1.82, 2.24) is 5.32 Å². The second kappa shape index (κ2) is 10.3. The number of nitrogens with one attached hydrogen (secondary N) is 1. The van der Waals surface area contributed by atoms with Crippen molar-refractivity contribution in [3.05, 3.63) is 0 Å². The summed E-state index contributed by atoms with van der Waals surface area (Å²) in [4.78, 5) is 33.4. The standard InChI is InChI=1S/C13H23NO5/c1-3-4-5-6-7-11(15)14-10(13(17)18)8-9-12(16)19-2/h10H,3-9H2,1-2H3,(H,14,15)(H,17,18)/t10-/m0/s1. The largest absolute Gasteiger partial charge is 0.480 e. The van der Waals surface area contributed by atoms with Crippen LogP contribution < -0.4 is 5.32 Å². The molecular weight excluding hydrogens is 250 g/mol. The van der Waals surface area contributed by atoms with E-state index in [2.05, 4.69) is 17.0 Å². The molecule has 0 aliphatic carbocycles. The number of esters is 1. The van der Waals surface area contributed by atoms with Gasteiger partial charge in [-0.25, -0.2) is 4.79 Å². The predicted octanol–water partition coefficient (Wildman–Crippen LogP) is 1.48. The van der Waals surface area contributed by atoms with Crippen LogP contribution in [0.3, 0.4) is 0 Å². The van der Waals surface area contributed by atoms with Crippen LogP contribution in [0.25, 0.3) is 0 Å². The Bertz CT molecular complexity index is 303. The van der Waals surface area contributed by atoms with Crippen LogP contribution >= 0.6 is 0 Å². The molecule has 0 unspecified atom stereocenters. The van der Waals surface area contributed by atoms with Crippen molar-refractivity contribution in [3.8, 4) is 0 Å². The number of carboxylic acid groups (broad SMARTS) is 1. The van der Waals surface area contributed by atoms with E-state index < -0.39 is 18.0 Å². The zero-order valence-corrected chi connectivity index (χ0v) is 11.6. The fourth-order valence-electron chi connectivity index (χ4n) is 1.60. The number of hydrogen-bond acceptors (Lipinski definition) is 4. The van der Waals surface area contributed by atoms with E-state index in [0.29, 0.717) is 6.42 Å². The fraction of sp³-hybridized carbons (Fsp3) is 0.769. The molecule has 0 rings (SSSR count). The van der Waals surface area contributed by atoms with E-state index in [4.69, 9.17) is 5.11 Å². The number of aliphatic carboxylic acids is 1. The molecule has 0 aromatic carbocycles. The lowest BCUT2D eigenvalue weighted by atomic mass is 10.1. The lowest BCUT2D eigenvalue weighted by Gasteiger charge is -2.13. The highest BCUT2D eigenvalue weighted by atomic mass is 16.5. The summed E-state index contributed by atoms with van der Waals surface area (Å²) in [6.45, 7) is 2.08. The first-order valence-electron chi connectivity index (χ1n) is 6.60. The second-order valence-corrected chi connectivity index (χ2v) is 4.38. The van der Waals surface area contributed by atoms with Crippen LogP contribution in [0.15, 0.2) is 0 Å². The van der Waals surface area contributed by atoms with Crippen LogP contribution in [0.1, 0.15) is 51.9 Å². The summed E-state index contributed by atoms with van der Waals surface area (Å²) in [7, 11) is 1.24. The van der Waals surface area contributed by atoms with Gasteiger partial charge in [0, 0.05) is 12.8 Å². The van der Waals surface area contributed by atoms with Crippen LogP contribution in [0, 0.1) is 0 Å². The molecule has 1 amide bonds. The molecule has 19 heavy (non-hydrogen) atoms. The lowest BCUT2D eigenvalue weighted by Crippen LogP contribution is -2.41. The van der Waals surface area contributed by atoms with Gasteiger partial charge < -0.3 is 15.2 Å². The first-order valence-corrected chi connectivity index (χ1v) is 6.60. The van der Waals surface area contributed by atoms with Gasteiger partial charge in [-0.1, -0.05) is 26.2 Å². The average Bonchev–Trinajstić information content (AvgIpc) is 2.38. The zero-order valence-electron chi connectivity index (χ0n) is 11.6. The summed E-state index contributed by atoms with van der Waals surface area (Å²) in [5, 5.41) is 11.4. The van der Waals surface area contributed by atoms with Crippen molar-refractivity contribution >= 4 is 17.8 Å². The Balaban J connectivity index is 4.01. The number of rotatable bonds is 10. The molecule has 0 aromatic rings. The minimum atomic E-state index is -1.13. The highest BCUT2D eigenvalue weighted by molar-refractivity contribution is 5.83. The number of unbranched alkanes of at least 4 members (excludes halogenated alkanes) is 3. The number of ether oxygens (including phenoxy) is 1. The first kappa shape index (κ1) is 17.4. The Kier molecular flexibility index (Phi) is 9.48. The van der Waals surface area contributed by atoms with Crippen LogP contribution in [-0.4, -0.2) is 36.1 Å². The van der Waals surface area contributed by atoms with E-state index in [1.165, 1.54) is 7.11 Å². The third kappa shape index (κ3) is 9.04. The Morgan fingerprint density at radius 3 is 2.37 bits per heavy atom. The predicted molar refractivity (Wildman–Crippen MR) is 69.6 cm³/mol. The van der Waals surface area contributed by atoms with Crippen LogP contribution in [0.2, 0.25) is 0 Å². The number of carboxylic acids is 1. The van der Waals surface area contributed by atoms with Crippen molar-refractivity contribution < 1.29 is 24.2 Å². The van der Waals surface area contributed by atoms with E-state index >= 15 is 0 Å². The molecule has 0 bridgehead atoms. The molecule has 0 fully saturated rings. The number of methoxy groups -OCH3 is 1. The Morgan fingerprint density at radius 1 is 1.16 bits per heavy atom. The molecule has 0 heterocycles. The molecule has 6 heteroatoms. The maximum Gasteiger partial charge on any atom is 0.326 e. The smallest absolute Gasteiger partial charge is 0.326 e. The number of carbonyl (C=O) groups excluding carboxylic acids is 2. The average molecular weight is 273 g/mol. The van der Waals surface area contributed by atoms with E-state index in [0.717, 1.165) is 25.7 Å². The van der Waals surface area contributed by atoms with Gasteiger partial charge in [-0.2, -0.15) is 0 Å². The van der Waals surface area contributed by atoms with E-state index in [1.54, 1.807) is 0 Å². The summed E-state index contributed by atoms with van der Waals surface area (Å²) >= 11 is 0. The van der Waals surface area contributed by atoms with Crippen molar-refractivity contribution in [3.63, 3.8) is 0 Å². The molecule has 6 nitrogen and oxygen atoms in total. The molecule has 110 valence electrons. The molecule has 0 aromatic heterocycles. The van der Waals surface area contributed by atoms with E-state index in [1.807, 2.05) is 0 Å². The van der Waals surface area contributed by atoms with Gasteiger partial charge in [-0.3, -0.25) is 9.59 Å². The van der Waals surface area contributed by atoms with Crippen molar-refractivity contribution in [2.75, 3.05) is 7.11 Å². The highest BCUT2D eigenvalue weighted by Crippen LogP contribution is 2.04. The van der Waals surface area contributed by atoms with Crippen molar-refractivity contribution in [2.24, 2.45) is 0 Å². The summed E-state index contributed by atoms with van der Waals surface area (Å²) < 4.78 is 4.43. The second-order valence-electron chi connectivity index (χ2n) is 4.38. The van der Waals surface area contributed by atoms with Crippen LogP contribution in [0.5, 0.6) is 0 Å². The molecular formula is C13H23NO5. The normalized spacial score (nSPS) is 11.7. The third-order valence-electron chi connectivity index (χ3n) is 2.76. The zero-order chi connectivity index (χ0) is 14.7. The molecule has 0 saturated carbocycles. The molecule has 0 spiro atoms. The summed E-state index contributed by atoms with van der Waals surface area (Å²) in [5.74, 6) is -1.90. The number of carbonyl (C=O) groups is 3. The van der Waals surface area contributed by atoms with Crippen LogP contribution in [0.4, 0.5) is 0 Å². The first-order chi connectivity index (χ1) is 9.01. The molecule has 0 saturated heterocycles. The quantitative estimate of drug-likeness (QED) is 0.464. The van der Waals surface area contributed by atoms with Gasteiger partial charge in [-0.05, 0) is 12.8 Å². The summed E-state index contributed by atoms with van der Waals surface area (Å²) in [5.41, 5.74) is 0. The van der Waals surface area contributed by atoms with Gasteiger partial charge in [0.25, 0.3) is 0 Å². The van der Waals surface area contributed by atoms with Gasteiger partial charge in [-0.15, -0.1) is 0 Å². The minimum absolute atomic E-state index is 0.0242. The monoisotopic (exact) mass is 273 g/mol. The van der Waals surface area contributed by atoms with E-state index in [-0.39, 0.29) is 18.7 Å². The Labute approximate surface area is 113 Å². The minimum Gasteiger partial charge on any atom is -0.480 e. The lowest BCUT2D eigenvalue weighted by molar-refractivity contribution is -0.144. The fourth-order valence-corrected chi connectivity index (χ4v) is 1.60. The molecule has 1 atom stereocenters. The van der Waals surface area contributed by atoms with Gasteiger partial charge in [0.2, 0.25) is 5.91 Å². The maximum absolute atomic E-state index is 11.5. The Morgan fingerprint density at radius 2 is 1.84 bits per heavy atom. The topological polar surface area (TPSA) is 92.7 Å². The maximum atomic E-state index is 11.5. The van der Waals surface area contributed by atoms with Crippen molar-refractivity contribution in [2.45, 2.75) is 57.9 Å². The SMILES string of the molecule is CCCCCCC(=O)N[C@@H](CCC(=O)OC)C(=O)O. The highest BCUT2D eigenvalue weighted by Gasteiger charge is 2.20. The summed E-state index contributed by atoms with van der Waals surface area (Å²) in [6.07, 6.45) is 4.21. The van der Waals surface area contributed by atoms with Crippen molar-refractivity contribution in [1.29, 1.82) is 0 Å². The Hall–Kier alpha value is -1.59. The third-order valence-corrected chi connectivity index (χ3v) is 2.76. The molecule has 0 radical (unpaired) electrons. The molecule has 0 aliphatic heterocycles. The van der Waals surface area contributed by atoms with E-state index in [9.17, 15) is 14.4 Å². The molecule has 0 aliphatic rings. The number of amides is 1. The van der Waals surface area contributed by atoms with Crippen LogP contribution in [-0.2, 0) is 19.1 Å².